The molecule has 3 fully saturated rings. The van der Waals surface area contributed by atoms with E-state index in [0.29, 0.717) is 5.92 Å². The molecule has 1 aromatic heterocycles. The first kappa shape index (κ1) is 15.8. The summed E-state index contributed by atoms with van der Waals surface area (Å²) in [6.45, 7) is 5.43. The molecule has 6 heteroatoms. The second-order valence-electron chi connectivity index (χ2n) is 7.16. The SMILES string of the molecule is Cc1cc2cc(NC3=NO[C@@]4(C3)CN3CCC4CC3)ccc2o1.Cl. The van der Waals surface area contributed by atoms with Gasteiger partial charge >= 0.3 is 0 Å². The molecular weight excluding hydrogens is 326 g/mol. The Morgan fingerprint density at radius 1 is 1.25 bits per heavy atom. The van der Waals surface area contributed by atoms with Crippen molar-refractivity contribution >= 4 is 34.9 Å². The van der Waals surface area contributed by atoms with E-state index in [2.05, 4.69) is 27.5 Å². The van der Waals surface area contributed by atoms with E-state index in [4.69, 9.17) is 9.25 Å². The summed E-state index contributed by atoms with van der Waals surface area (Å²) in [5.41, 5.74) is 1.88. The van der Waals surface area contributed by atoms with E-state index < -0.39 is 0 Å². The van der Waals surface area contributed by atoms with Crippen LogP contribution in [0, 0.1) is 12.8 Å². The van der Waals surface area contributed by atoms with Gasteiger partial charge in [0, 0.05) is 23.5 Å². The summed E-state index contributed by atoms with van der Waals surface area (Å²) in [7, 11) is 0. The van der Waals surface area contributed by atoms with Gasteiger partial charge in [0.25, 0.3) is 0 Å². The van der Waals surface area contributed by atoms with Gasteiger partial charge in [-0.1, -0.05) is 5.16 Å². The van der Waals surface area contributed by atoms with E-state index in [1.54, 1.807) is 0 Å². The average Bonchev–Trinajstić information content (AvgIpc) is 3.11. The molecule has 2 aromatic rings. The number of halogens is 1. The lowest BCUT2D eigenvalue weighted by molar-refractivity contribution is -0.136. The molecule has 1 spiro atoms. The highest BCUT2D eigenvalue weighted by Gasteiger charge is 2.52. The molecule has 1 atom stereocenters. The van der Waals surface area contributed by atoms with Crippen LogP contribution in [-0.4, -0.2) is 36.0 Å². The van der Waals surface area contributed by atoms with Crippen LogP contribution in [0.1, 0.15) is 25.0 Å². The summed E-state index contributed by atoms with van der Waals surface area (Å²) in [5.74, 6) is 2.53. The van der Waals surface area contributed by atoms with Crippen molar-refractivity contribution in [2.45, 2.75) is 31.8 Å². The largest absolute Gasteiger partial charge is 0.461 e. The Balaban J connectivity index is 0.00000146. The summed E-state index contributed by atoms with van der Waals surface area (Å²) in [6, 6.07) is 8.21. The second-order valence-corrected chi connectivity index (χ2v) is 7.16. The van der Waals surface area contributed by atoms with E-state index in [9.17, 15) is 0 Å². The fourth-order valence-corrected chi connectivity index (χ4v) is 4.41. The predicted molar refractivity (Wildman–Crippen MR) is 96.9 cm³/mol. The number of benzene rings is 1. The Hall–Kier alpha value is -1.72. The van der Waals surface area contributed by atoms with Gasteiger partial charge in [-0.2, -0.15) is 0 Å². The monoisotopic (exact) mass is 347 g/mol. The molecule has 1 aromatic carbocycles. The van der Waals surface area contributed by atoms with Crippen LogP contribution in [0.5, 0.6) is 0 Å². The minimum atomic E-state index is -0.0881. The van der Waals surface area contributed by atoms with Crippen molar-refractivity contribution in [3.05, 3.63) is 30.0 Å². The molecule has 128 valence electrons. The summed E-state index contributed by atoms with van der Waals surface area (Å²) >= 11 is 0. The highest BCUT2D eigenvalue weighted by Crippen LogP contribution is 2.43. The zero-order valence-corrected chi connectivity index (χ0v) is 14.6. The van der Waals surface area contributed by atoms with Crippen molar-refractivity contribution in [3.63, 3.8) is 0 Å². The van der Waals surface area contributed by atoms with Crippen LogP contribution in [0.4, 0.5) is 5.69 Å². The number of hydrogen-bond donors (Lipinski definition) is 1. The first-order chi connectivity index (χ1) is 11.2. The topological polar surface area (TPSA) is 50.0 Å². The summed E-state index contributed by atoms with van der Waals surface area (Å²) in [4.78, 5) is 8.47. The van der Waals surface area contributed by atoms with Gasteiger partial charge in [-0.05, 0) is 57.1 Å². The van der Waals surface area contributed by atoms with Crippen molar-refractivity contribution in [3.8, 4) is 0 Å². The molecular formula is C18H22ClN3O2. The van der Waals surface area contributed by atoms with Crippen molar-refractivity contribution in [2.24, 2.45) is 11.1 Å². The van der Waals surface area contributed by atoms with Crippen LogP contribution in [0.3, 0.4) is 0 Å². The summed E-state index contributed by atoms with van der Waals surface area (Å²) < 4.78 is 5.63. The first-order valence-electron chi connectivity index (χ1n) is 8.45. The Bertz CT molecular complexity index is 795. The molecule has 4 aliphatic rings. The first-order valence-corrected chi connectivity index (χ1v) is 8.45. The number of amidine groups is 1. The number of hydrogen-bond acceptors (Lipinski definition) is 5. The number of nitrogens with zero attached hydrogens (tertiary/aromatic N) is 2. The number of anilines is 1. The Morgan fingerprint density at radius 3 is 2.83 bits per heavy atom. The van der Waals surface area contributed by atoms with Gasteiger partial charge < -0.3 is 14.6 Å². The molecule has 0 radical (unpaired) electrons. The molecule has 0 amide bonds. The van der Waals surface area contributed by atoms with Gasteiger partial charge in [-0.25, -0.2) is 0 Å². The fourth-order valence-electron chi connectivity index (χ4n) is 4.41. The van der Waals surface area contributed by atoms with E-state index in [-0.39, 0.29) is 18.0 Å². The molecule has 0 saturated carbocycles. The van der Waals surface area contributed by atoms with Crippen molar-refractivity contribution < 1.29 is 9.25 Å². The zero-order valence-electron chi connectivity index (χ0n) is 13.7. The third-order valence-corrected chi connectivity index (χ3v) is 5.56. The maximum atomic E-state index is 5.96. The van der Waals surface area contributed by atoms with E-state index in [1.807, 2.05) is 19.1 Å². The number of oxime groups is 1. The van der Waals surface area contributed by atoms with Crippen molar-refractivity contribution in [1.82, 2.24) is 4.90 Å². The molecule has 4 aliphatic heterocycles. The number of rotatable bonds is 1. The molecule has 5 nitrogen and oxygen atoms in total. The van der Waals surface area contributed by atoms with Crippen molar-refractivity contribution in [2.75, 3.05) is 25.0 Å². The van der Waals surface area contributed by atoms with E-state index in [1.165, 1.54) is 25.9 Å². The number of nitrogens with one attached hydrogen (secondary N) is 1. The number of fused-ring (bicyclic) bond motifs is 3. The lowest BCUT2D eigenvalue weighted by Crippen LogP contribution is -2.59. The molecule has 6 rings (SSSR count). The summed E-state index contributed by atoms with van der Waals surface area (Å²) in [6.07, 6.45) is 3.36. The normalized spacial score (nSPS) is 31.0. The van der Waals surface area contributed by atoms with Crippen LogP contribution in [0.25, 0.3) is 11.0 Å². The van der Waals surface area contributed by atoms with Crippen LogP contribution < -0.4 is 5.32 Å². The van der Waals surface area contributed by atoms with Gasteiger partial charge in [-0.15, -0.1) is 12.4 Å². The number of furan rings is 1. The smallest absolute Gasteiger partial charge is 0.160 e. The summed E-state index contributed by atoms with van der Waals surface area (Å²) in [5, 5.41) is 8.92. The van der Waals surface area contributed by atoms with Gasteiger partial charge in [0.2, 0.25) is 0 Å². The highest BCUT2D eigenvalue weighted by atomic mass is 35.5. The van der Waals surface area contributed by atoms with Crippen LogP contribution >= 0.6 is 12.4 Å². The van der Waals surface area contributed by atoms with Gasteiger partial charge in [0.15, 0.2) is 11.4 Å². The maximum absolute atomic E-state index is 5.96. The molecule has 0 aliphatic carbocycles. The number of aryl methyl sites for hydroxylation is 1. The Morgan fingerprint density at radius 2 is 2.08 bits per heavy atom. The van der Waals surface area contributed by atoms with E-state index >= 15 is 0 Å². The fraction of sp³-hybridized carbons (Fsp3) is 0.500. The van der Waals surface area contributed by atoms with Gasteiger partial charge in [0.05, 0.1) is 6.42 Å². The zero-order chi connectivity index (χ0) is 15.4. The highest BCUT2D eigenvalue weighted by molar-refractivity contribution is 5.98. The van der Waals surface area contributed by atoms with Crippen LogP contribution in [-0.2, 0) is 4.84 Å². The van der Waals surface area contributed by atoms with Crippen LogP contribution in [0.15, 0.2) is 33.8 Å². The second kappa shape index (κ2) is 5.67. The molecule has 24 heavy (non-hydrogen) atoms. The Labute approximate surface area is 147 Å². The Kier molecular flexibility index (Phi) is 3.73. The third-order valence-electron chi connectivity index (χ3n) is 5.56. The third kappa shape index (κ3) is 2.47. The standard InChI is InChI=1S/C18H21N3O2.ClH/c1-12-8-13-9-15(2-3-16(13)22-12)19-17-10-18(23-20-17)11-21-6-4-14(18)5-7-21;/h2-3,8-9,14H,4-7,10-11H2,1H3,(H,19,20);1H/t18-;/m0./s1. The predicted octanol–water partition coefficient (Wildman–Crippen LogP) is 3.77. The van der Waals surface area contributed by atoms with Crippen molar-refractivity contribution in [1.29, 1.82) is 0 Å². The van der Waals surface area contributed by atoms with Crippen LogP contribution in [0.2, 0.25) is 0 Å². The lowest BCUT2D eigenvalue weighted by atomic mass is 9.73. The quantitative estimate of drug-likeness (QED) is 0.853. The van der Waals surface area contributed by atoms with Gasteiger partial charge in [-0.3, -0.25) is 4.90 Å². The molecule has 1 N–H and O–H groups in total. The maximum Gasteiger partial charge on any atom is 0.160 e. The minimum Gasteiger partial charge on any atom is -0.461 e. The average molecular weight is 348 g/mol. The lowest BCUT2D eigenvalue weighted by Gasteiger charge is -2.49. The van der Waals surface area contributed by atoms with E-state index in [0.717, 1.165) is 41.2 Å². The molecule has 0 unspecified atom stereocenters. The molecule has 5 heterocycles. The van der Waals surface area contributed by atoms with Gasteiger partial charge in [0.1, 0.15) is 11.3 Å². The number of piperidine rings is 3. The molecule has 2 bridgehead atoms. The minimum absolute atomic E-state index is 0. The molecule has 3 saturated heterocycles.